The molecule has 0 fully saturated rings. The lowest BCUT2D eigenvalue weighted by Crippen LogP contribution is -1.94. The van der Waals surface area contributed by atoms with Gasteiger partial charge in [-0.1, -0.05) is 24.3 Å². The third-order valence-corrected chi connectivity index (χ3v) is 4.47. The van der Waals surface area contributed by atoms with Crippen molar-refractivity contribution in [1.82, 2.24) is 4.57 Å². The maximum atomic E-state index is 5.21. The van der Waals surface area contributed by atoms with E-state index in [1.807, 2.05) is 24.3 Å². The van der Waals surface area contributed by atoms with Gasteiger partial charge < -0.3 is 14.6 Å². The van der Waals surface area contributed by atoms with Crippen molar-refractivity contribution in [1.29, 1.82) is 0 Å². The second-order valence-corrected chi connectivity index (χ2v) is 5.85. The number of hydrogen-bond donors (Lipinski definition) is 1. The van der Waals surface area contributed by atoms with Crippen molar-refractivity contribution in [3.05, 3.63) is 66.7 Å². The largest absolute Gasteiger partial charge is 0.497 e. The van der Waals surface area contributed by atoms with Crippen LogP contribution in [0.5, 0.6) is 5.75 Å². The molecule has 1 aromatic heterocycles. The molecule has 4 aromatic rings. The minimum absolute atomic E-state index is 0.863. The molecule has 0 amide bonds. The van der Waals surface area contributed by atoms with Crippen LogP contribution in [0, 0.1) is 0 Å². The number of methoxy groups -OCH3 is 1. The van der Waals surface area contributed by atoms with E-state index in [2.05, 4.69) is 59.3 Å². The maximum Gasteiger partial charge on any atom is 0.119 e. The molecule has 120 valence electrons. The van der Waals surface area contributed by atoms with Gasteiger partial charge in [0.25, 0.3) is 0 Å². The molecule has 0 unspecified atom stereocenters. The highest BCUT2D eigenvalue weighted by Gasteiger charge is 2.09. The highest BCUT2D eigenvalue weighted by atomic mass is 16.5. The summed E-state index contributed by atoms with van der Waals surface area (Å²) < 4.78 is 7.57. The van der Waals surface area contributed by atoms with E-state index in [1.54, 1.807) is 7.11 Å². The Kier molecular flexibility index (Phi) is 3.62. The molecule has 0 radical (unpaired) electrons. The van der Waals surface area contributed by atoms with Crippen LogP contribution in [-0.4, -0.2) is 11.7 Å². The average Bonchev–Trinajstić information content (AvgIpc) is 2.95. The van der Waals surface area contributed by atoms with E-state index in [0.717, 1.165) is 23.7 Å². The molecule has 0 saturated carbocycles. The van der Waals surface area contributed by atoms with Gasteiger partial charge in [0, 0.05) is 34.2 Å². The lowest BCUT2D eigenvalue weighted by molar-refractivity contribution is 0.415. The van der Waals surface area contributed by atoms with Crippen molar-refractivity contribution >= 4 is 33.2 Å². The molecule has 3 heteroatoms. The second kappa shape index (κ2) is 5.93. The molecule has 1 heterocycles. The summed E-state index contributed by atoms with van der Waals surface area (Å²) in [5.41, 5.74) is 4.69. The van der Waals surface area contributed by atoms with Gasteiger partial charge in [-0.3, -0.25) is 0 Å². The molecule has 0 aliphatic heterocycles. The van der Waals surface area contributed by atoms with Gasteiger partial charge in [-0.15, -0.1) is 0 Å². The van der Waals surface area contributed by atoms with Gasteiger partial charge in [0.1, 0.15) is 5.75 Å². The molecule has 0 atom stereocenters. The fraction of sp³-hybridized carbons (Fsp3) is 0.143. The van der Waals surface area contributed by atoms with Crippen molar-refractivity contribution < 1.29 is 4.74 Å². The zero-order valence-corrected chi connectivity index (χ0v) is 13.9. The van der Waals surface area contributed by atoms with Crippen molar-refractivity contribution in [3.8, 4) is 5.75 Å². The Labute approximate surface area is 141 Å². The summed E-state index contributed by atoms with van der Waals surface area (Å²) in [5.74, 6) is 0.863. The summed E-state index contributed by atoms with van der Waals surface area (Å²) >= 11 is 0. The number of rotatable bonds is 4. The van der Waals surface area contributed by atoms with Gasteiger partial charge in [0.15, 0.2) is 0 Å². The zero-order chi connectivity index (χ0) is 16.5. The van der Waals surface area contributed by atoms with Crippen molar-refractivity contribution in [2.24, 2.45) is 0 Å². The summed E-state index contributed by atoms with van der Waals surface area (Å²) in [5, 5.41) is 6.08. The third-order valence-electron chi connectivity index (χ3n) is 4.47. The van der Waals surface area contributed by atoms with Crippen LogP contribution in [0.25, 0.3) is 21.8 Å². The first kappa shape index (κ1) is 14.6. The predicted octanol–water partition coefficient (Wildman–Crippen LogP) is 5.57. The topological polar surface area (TPSA) is 26.2 Å². The van der Waals surface area contributed by atoms with E-state index in [0.29, 0.717) is 0 Å². The average molecular weight is 316 g/mol. The Morgan fingerprint density at radius 3 is 2.29 bits per heavy atom. The highest BCUT2D eigenvalue weighted by Crippen LogP contribution is 2.31. The van der Waals surface area contributed by atoms with Crippen LogP contribution in [0.3, 0.4) is 0 Å². The van der Waals surface area contributed by atoms with Crippen molar-refractivity contribution in [3.63, 3.8) is 0 Å². The number of aryl methyl sites for hydroxylation is 1. The molecular formula is C21H20N2O. The molecule has 0 saturated heterocycles. The molecule has 0 bridgehead atoms. The fourth-order valence-electron chi connectivity index (χ4n) is 3.31. The second-order valence-electron chi connectivity index (χ2n) is 5.85. The van der Waals surface area contributed by atoms with E-state index in [-0.39, 0.29) is 0 Å². The highest BCUT2D eigenvalue weighted by molar-refractivity contribution is 6.08. The van der Waals surface area contributed by atoms with Crippen LogP contribution >= 0.6 is 0 Å². The van der Waals surface area contributed by atoms with E-state index < -0.39 is 0 Å². The van der Waals surface area contributed by atoms with E-state index in [9.17, 15) is 0 Å². The fourth-order valence-corrected chi connectivity index (χ4v) is 3.31. The number of nitrogens with zero attached hydrogens (tertiary/aromatic N) is 1. The number of fused-ring (bicyclic) bond motifs is 3. The normalized spacial score (nSPS) is 11.1. The number of para-hydroxylation sites is 1. The number of ether oxygens (including phenoxy) is 1. The maximum absolute atomic E-state index is 5.21. The van der Waals surface area contributed by atoms with Gasteiger partial charge >= 0.3 is 0 Å². The van der Waals surface area contributed by atoms with Crippen LogP contribution in [0.4, 0.5) is 11.4 Å². The number of benzene rings is 3. The van der Waals surface area contributed by atoms with E-state index in [1.165, 1.54) is 21.8 Å². The monoisotopic (exact) mass is 316 g/mol. The zero-order valence-electron chi connectivity index (χ0n) is 13.9. The molecule has 3 aromatic carbocycles. The number of anilines is 2. The van der Waals surface area contributed by atoms with E-state index >= 15 is 0 Å². The molecule has 24 heavy (non-hydrogen) atoms. The summed E-state index contributed by atoms with van der Waals surface area (Å²) in [7, 11) is 1.68. The molecule has 0 spiro atoms. The molecular weight excluding hydrogens is 296 g/mol. The van der Waals surface area contributed by atoms with Crippen LogP contribution in [0.1, 0.15) is 6.92 Å². The third kappa shape index (κ3) is 2.38. The van der Waals surface area contributed by atoms with Crippen LogP contribution < -0.4 is 10.1 Å². The minimum atomic E-state index is 0.863. The van der Waals surface area contributed by atoms with Crippen molar-refractivity contribution in [2.75, 3.05) is 12.4 Å². The number of hydrogen-bond acceptors (Lipinski definition) is 2. The van der Waals surface area contributed by atoms with Crippen LogP contribution in [0.15, 0.2) is 66.7 Å². The lowest BCUT2D eigenvalue weighted by Gasteiger charge is -2.09. The Morgan fingerprint density at radius 2 is 1.54 bits per heavy atom. The first-order chi connectivity index (χ1) is 11.8. The smallest absolute Gasteiger partial charge is 0.119 e. The Balaban J connectivity index is 1.78. The molecule has 1 N–H and O–H groups in total. The first-order valence-electron chi connectivity index (χ1n) is 8.22. The number of nitrogens with one attached hydrogen (secondary N) is 1. The van der Waals surface area contributed by atoms with Crippen molar-refractivity contribution in [2.45, 2.75) is 13.5 Å². The Hall–Kier alpha value is -2.94. The lowest BCUT2D eigenvalue weighted by atomic mass is 10.1. The molecule has 0 aliphatic rings. The summed E-state index contributed by atoms with van der Waals surface area (Å²) in [6.07, 6.45) is 0. The SMILES string of the molecule is CCn1c2ccccc2c2ccc(Nc3ccc(OC)cc3)cc21. The first-order valence-corrected chi connectivity index (χ1v) is 8.22. The van der Waals surface area contributed by atoms with Gasteiger partial charge in [-0.05, 0) is 49.4 Å². The Bertz CT molecular complexity index is 1000. The quantitative estimate of drug-likeness (QED) is 0.533. The van der Waals surface area contributed by atoms with E-state index in [4.69, 9.17) is 4.74 Å². The molecule has 3 nitrogen and oxygen atoms in total. The number of aromatic nitrogens is 1. The summed E-state index contributed by atoms with van der Waals surface area (Å²) in [4.78, 5) is 0. The minimum Gasteiger partial charge on any atom is -0.497 e. The van der Waals surface area contributed by atoms with Gasteiger partial charge in [-0.2, -0.15) is 0 Å². The standard InChI is InChI=1S/C21H20N2O/c1-3-23-20-7-5-4-6-18(20)19-13-10-16(14-21(19)23)22-15-8-11-17(24-2)12-9-15/h4-14,22H,3H2,1-2H3. The van der Waals surface area contributed by atoms with Gasteiger partial charge in [0.05, 0.1) is 12.6 Å². The summed E-state index contributed by atoms with van der Waals surface area (Å²) in [6, 6.07) is 23.1. The predicted molar refractivity (Wildman–Crippen MR) is 101 cm³/mol. The Morgan fingerprint density at radius 1 is 0.833 bits per heavy atom. The summed E-state index contributed by atoms with van der Waals surface area (Å²) in [6.45, 7) is 3.14. The van der Waals surface area contributed by atoms with Gasteiger partial charge in [0.2, 0.25) is 0 Å². The van der Waals surface area contributed by atoms with Crippen LogP contribution in [0.2, 0.25) is 0 Å². The molecule has 4 rings (SSSR count). The van der Waals surface area contributed by atoms with Crippen LogP contribution in [-0.2, 0) is 6.54 Å². The molecule has 0 aliphatic carbocycles. The van der Waals surface area contributed by atoms with Gasteiger partial charge in [-0.25, -0.2) is 0 Å².